The van der Waals surface area contributed by atoms with Crippen LogP contribution in [0.4, 0.5) is 0 Å². The van der Waals surface area contributed by atoms with Crippen LogP contribution in [0.2, 0.25) is 0 Å². The summed E-state index contributed by atoms with van der Waals surface area (Å²) in [5, 5.41) is 0. The molecule has 3 aliphatic rings. The second-order valence-electron chi connectivity index (χ2n) is 5.74. The number of fused-ring (bicyclic) bond motifs is 2. The Bertz CT molecular complexity index is 870. The van der Waals surface area contributed by atoms with E-state index in [4.69, 9.17) is 0 Å². The maximum atomic E-state index is 2.35. The van der Waals surface area contributed by atoms with E-state index >= 15 is 0 Å². The summed E-state index contributed by atoms with van der Waals surface area (Å²) in [4.78, 5) is 0. The van der Waals surface area contributed by atoms with Gasteiger partial charge in [-0.05, 0) is 0 Å². The third kappa shape index (κ3) is 0.915. The van der Waals surface area contributed by atoms with Crippen LogP contribution in [0.3, 0.4) is 0 Å². The zero-order chi connectivity index (χ0) is 12.8. The van der Waals surface area contributed by atoms with Gasteiger partial charge in [0.25, 0.3) is 0 Å². The summed E-state index contributed by atoms with van der Waals surface area (Å²) in [5.41, 5.74) is 10.7. The summed E-state index contributed by atoms with van der Waals surface area (Å²) >= 11 is 0.464. The third-order valence-corrected chi connectivity index (χ3v) is 7.32. The van der Waals surface area contributed by atoms with Gasteiger partial charge in [-0.25, -0.2) is 0 Å². The van der Waals surface area contributed by atoms with Gasteiger partial charge in [0.05, 0.1) is 0 Å². The normalized spacial score (nSPS) is 14.7. The summed E-state index contributed by atoms with van der Waals surface area (Å²) < 4.78 is 3.18. The molecule has 0 radical (unpaired) electrons. The fourth-order valence-electron chi connectivity index (χ4n) is 4.23. The molecule has 3 aromatic carbocycles. The van der Waals surface area contributed by atoms with E-state index in [1.165, 1.54) is 22.3 Å². The van der Waals surface area contributed by atoms with Crippen LogP contribution in [0.15, 0.2) is 54.6 Å². The SMILES string of the molecule is c1cc2c3c(c1)-c1cccc4c1B3c1c(cccc1-4)[Se]2. The minimum atomic E-state index is 0.464. The Morgan fingerprint density at radius 2 is 1.00 bits per heavy atom. The molecule has 0 N–H and O–H groups in total. The molecular formula is C18H9BSe. The topological polar surface area (TPSA) is 0 Å². The Morgan fingerprint density at radius 3 is 1.55 bits per heavy atom. The third-order valence-electron chi connectivity index (χ3n) is 4.90. The molecule has 0 saturated carbocycles. The number of rotatable bonds is 0. The van der Waals surface area contributed by atoms with E-state index in [1.54, 1.807) is 25.3 Å². The number of hydrogen-bond donors (Lipinski definition) is 0. The van der Waals surface area contributed by atoms with Crippen molar-refractivity contribution >= 4 is 47.0 Å². The van der Waals surface area contributed by atoms with Gasteiger partial charge in [-0.1, -0.05) is 0 Å². The summed E-state index contributed by atoms with van der Waals surface area (Å²) in [6.07, 6.45) is 0. The second kappa shape index (κ2) is 3.11. The predicted molar refractivity (Wildman–Crippen MR) is 87.0 cm³/mol. The molecule has 0 saturated heterocycles. The van der Waals surface area contributed by atoms with Crippen LogP contribution >= 0.6 is 0 Å². The number of hydrogen-bond acceptors (Lipinski definition) is 0. The van der Waals surface area contributed by atoms with Crippen LogP contribution in [-0.4, -0.2) is 21.7 Å². The van der Waals surface area contributed by atoms with E-state index in [0.717, 1.165) is 0 Å². The molecule has 0 aliphatic carbocycles. The molecular weight excluding hydrogens is 306 g/mol. The first-order chi connectivity index (χ1) is 9.93. The first kappa shape index (κ1) is 10.0. The minimum absolute atomic E-state index is 0.464. The van der Waals surface area contributed by atoms with Crippen molar-refractivity contribution in [2.45, 2.75) is 0 Å². The fraction of sp³-hybridized carbons (Fsp3) is 0. The van der Waals surface area contributed by atoms with Crippen LogP contribution in [-0.2, 0) is 0 Å². The molecule has 6 rings (SSSR count). The van der Waals surface area contributed by atoms with Crippen LogP contribution in [0, 0.1) is 0 Å². The van der Waals surface area contributed by atoms with E-state index in [2.05, 4.69) is 54.6 Å². The first-order valence-electron chi connectivity index (χ1n) is 7.01. The Hall–Kier alpha value is -1.76. The van der Waals surface area contributed by atoms with Crippen molar-refractivity contribution in [3.8, 4) is 22.3 Å². The Balaban J connectivity index is 1.92. The molecule has 2 heteroatoms. The van der Waals surface area contributed by atoms with Crippen molar-refractivity contribution in [3.63, 3.8) is 0 Å². The molecule has 3 heterocycles. The van der Waals surface area contributed by atoms with Gasteiger partial charge in [-0.15, -0.1) is 0 Å². The zero-order valence-electron chi connectivity index (χ0n) is 10.7. The van der Waals surface area contributed by atoms with E-state index in [9.17, 15) is 0 Å². The van der Waals surface area contributed by atoms with Crippen LogP contribution < -0.4 is 25.3 Å². The molecule has 0 atom stereocenters. The zero-order valence-corrected chi connectivity index (χ0v) is 12.4. The fourth-order valence-corrected chi connectivity index (χ4v) is 6.76. The predicted octanol–water partition coefficient (Wildman–Crippen LogP) is 0.132. The summed E-state index contributed by atoms with van der Waals surface area (Å²) in [7, 11) is 0. The van der Waals surface area contributed by atoms with E-state index < -0.39 is 0 Å². The second-order valence-corrected chi connectivity index (χ2v) is 8.01. The Morgan fingerprint density at radius 1 is 0.550 bits per heavy atom. The monoisotopic (exact) mass is 316 g/mol. The van der Waals surface area contributed by atoms with Gasteiger partial charge in [-0.2, -0.15) is 0 Å². The summed E-state index contributed by atoms with van der Waals surface area (Å²) in [5.74, 6) is 0. The van der Waals surface area contributed by atoms with Crippen molar-refractivity contribution in [1.82, 2.24) is 0 Å². The maximum absolute atomic E-state index is 2.35. The number of benzene rings is 3. The first-order valence-corrected chi connectivity index (χ1v) is 8.72. The van der Waals surface area contributed by atoms with Gasteiger partial charge in [0.15, 0.2) is 0 Å². The summed E-state index contributed by atoms with van der Waals surface area (Å²) in [6, 6.07) is 20.7. The quantitative estimate of drug-likeness (QED) is 0.350. The van der Waals surface area contributed by atoms with E-state index in [0.29, 0.717) is 21.7 Å². The molecule has 0 nitrogen and oxygen atoms in total. The molecule has 3 aromatic rings. The summed E-state index contributed by atoms with van der Waals surface area (Å²) in [6.45, 7) is 0.536. The molecule has 20 heavy (non-hydrogen) atoms. The average molecular weight is 315 g/mol. The molecule has 0 unspecified atom stereocenters. The van der Waals surface area contributed by atoms with E-state index in [1.807, 2.05) is 0 Å². The van der Waals surface area contributed by atoms with Crippen molar-refractivity contribution in [2.75, 3.05) is 0 Å². The molecule has 0 spiro atoms. The van der Waals surface area contributed by atoms with Crippen molar-refractivity contribution in [1.29, 1.82) is 0 Å². The molecule has 90 valence electrons. The van der Waals surface area contributed by atoms with Crippen molar-refractivity contribution in [3.05, 3.63) is 54.6 Å². The van der Waals surface area contributed by atoms with Gasteiger partial charge in [0.1, 0.15) is 0 Å². The van der Waals surface area contributed by atoms with Crippen molar-refractivity contribution < 1.29 is 0 Å². The van der Waals surface area contributed by atoms with Crippen LogP contribution in [0.5, 0.6) is 0 Å². The van der Waals surface area contributed by atoms with Gasteiger partial charge < -0.3 is 0 Å². The van der Waals surface area contributed by atoms with Crippen LogP contribution in [0.25, 0.3) is 22.3 Å². The van der Waals surface area contributed by atoms with E-state index in [-0.39, 0.29) is 0 Å². The van der Waals surface area contributed by atoms with Gasteiger partial charge in [0.2, 0.25) is 0 Å². The molecule has 0 aromatic heterocycles. The molecule has 0 bridgehead atoms. The molecule has 3 aliphatic heterocycles. The Kier molecular flexibility index (Phi) is 1.56. The standard InChI is InChI=1S/C18H9BSe/c1-4-10-12-6-2-8-14-17(12)19-16(10)11(5-1)13-7-3-9-15(20-14)18(13)19/h1-9H. The van der Waals surface area contributed by atoms with Gasteiger partial charge >= 0.3 is 124 Å². The van der Waals surface area contributed by atoms with Gasteiger partial charge in [0, 0.05) is 0 Å². The van der Waals surface area contributed by atoms with Crippen molar-refractivity contribution in [2.24, 2.45) is 0 Å². The average Bonchev–Trinajstić information content (AvgIpc) is 3.01. The van der Waals surface area contributed by atoms with Crippen LogP contribution in [0.1, 0.15) is 0 Å². The Labute approximate surface area is 124 Å². The molecule has 0 amide bonds. The van der Waals surface area contributed by atoms with Gasteiger partial charge in [-0.3, -0.25) is 0 Å². The molecule has 0 fully saturated rings.